The lowest BCUT2D eigenvalue weighted by Crippen LogP contribution is -2.31. The minimum Gasteiger partial charge on any atom is -0.454 e. The average Bonchev–Trinajstić information content (AvgIpc) is 3.07. The van der Waals surface area contributed by atoms with Crippen LogP contribution in [0.3, 0.4) is 0 Å². The lowest BCUT2D eigenvalue weighted by molar-refractivity contribution is -0.124. The molecule has 0 saturated carbocycles. The van der Waals surface area contributed by atoms with Crippen LogP contribution in [0.2, 0.25) is 5.02 Å². The lowest BCUT2D eigenvalue weighted by atomic mass is 10.1. The van der Waals surface area contributed by atoms with Crippen LogP contribution in [0.25, 0.3) is 0 Å². The average molecular weight is 362 g/mol. The summed E-state index contributed by atoms with van der Waals surface area (Å²) in [6.07, 6.45) is 0. The minimum atomic E-state index is -0.603. The van der Waals surface area contributed by atoms with Crippen molar-refractivity contribution in [2.24, 2.45) is 0 Å². The van der Waals surface area contributed by atoms with E-state index in [0.717, 1.165) is 5.56 Å². The van der Waals surface area contributed by atoms with Crippen LogP contribution in [0.4, 0.5) is 0 Å². The van der Waals surface area contributed by atoms with Gasteiger partial charge in [-0.05, 0) is 42.8 Å². The molecule has 0 unspecified atom stereocenters. The molecule has 0 radical (unpaired) electrons. The number of fused-ring (bicyclic) bond motifs is 1. The number of esters is 1. The molecule has 1 aliphatic heterocycles. The van der Waals surface area contributed by atoms with Crippen molar-refractivity contribution in [3.05, 3.63) is 58.6 Å². The van der Waals surface area contributed by atoms with E-state index in [1.54, 1.807) is 24.3 Å². The fourth-order valence-electron chi connectivity index (χ4n) is 2.38. The Labute approximate surface area is 149 Å². The van der Waals surface area contributed by atoms with E-state index < -0.39 is 11.9 Å². The molecule has 1 N–H and O–H groups in total. The first-order valence-electron chi connectivity index (χ1n) is 7.64. The zero-order chi connectivity index (χ0) is 17.8. The van der Waals surface area contributed by atoms with E-state index in [-0.39, 0.29) is 19.4 Å². The third-order valence-electron chi connectivity index (χ3n) is 3.67. The molecular weight excluding hydrogens is 346 g/mol. The molecule has 0 spiro atoms. The third kappa shape index (κ3) is 4.22. The summed E-state index contributed by atoms with van der Waals surface area (Å²) in [6.45, 7) is 1.65. The standard InChI is InChI=1S/C18H16ClNO5/c1-11(12-5-6-15-16(8-12)25-10-24-15)20-17(21)9-23-18(22)13-3-2-4-14(19)7-13/h2-8,11H,9-10H2,1H3,(H,20,21)/t11-/m1/s1. The molecule has 0 fully saturated rings. The second-order valence-corrected chi connectivity index (χ2v) is 5.92. The van der Waals surface area contributed by atoms with E-state index in [9.17, 15) is 9.59 Å². The van der Waals surface area contributed by atoms with Crippen LogP contribution in [-0.2, 0) is 9.53 Å². The zero-order valence-electron chi connectivity index (χ0n) is 13.5. The molecule has 1 amide bonds. The summed E-state index contributed by atoms with van der Waals surface area (Å²) in [6, 6.07) is 11.5. The minimum absolute atomic E-state index is 0.193. The summed E-state index contributed by atoms with van der Waals surface area (Å²) >= 11 is 5.82. The highest BCUT2D eigenvalue weighted by atomic mass is 35.5. The van der Waals surface area contributed by atoms with E-state index in [1.807, 2.05) is 19.1 Å². The normalized spacial score (nSPS) is 13.2. The molecular formula is C18H16ClNO5. The van der Waals surface area contributed by atoms with E-state index in [0.29, 0.717) is 22.1 Å². The first-order chi connectivity index (χ1) is 12.0. The Kier molecular flexibility index (Phi) is 5.09. The van der Waals surface area contributed by atoms with Crippen molar-refractivity contribution < 1.29 is 23.8 Å². The van der Waals surface area contributed by atoms with Crippen LogP contribution < -0.4 is 14.8 Å². The molecule has 0 aromatic heterocycles. The van der Waals surface area contributed by atoms with Crippen molar-refractivity contribution >= 4 is 23.5 Å². The van der Waals surface area contributed by atoms with Crippen LogP contribution in [0, 0.1) is 0 Å². The van der Waals surface area contributed by atoms with Crippen molar-refractivity contribution in [1.29, 1.82) is 0 Å². The lowest BCUT2D eigenvalue weighted by Gasteiger charge is -2.15. The maximum Gasteiger partial charge on any atom is 0.338 e. The third-order valence-corrected chi connectivity index (χ3v) is 3.90. The fraction of sp³-hybridized carbons (Fsp3) is 0.222. The van der Waals surface area contributed by atoms with E-state index in [2.05, 4.69) is 5.32 Å². The quantitative estimate of drug-likeness (QED) is 0.828. The molecule has 25 heavy (non-hydrogen) atoms. The van der Waals surface area contributed by atoms with Crippen molar-refractivity contribution in [3.63, 3.8) is 0 Å². The smallest absolute Gasteiger partial charge is 0.338 e. The van der Waals surface area contributed by atoms with Gasteiger partial charge in [0, 0.05) is 5.02 Å². The molecule has 2 aromatic carbocycles. The maximum atomic E-state index is 12.0. The number of hydrogen-bond donors (Lipinski definition) is 1. The molecule has 1 atom stereocenters. The number of carbonyl (C=O) groups is 2. The summed E-state index contributed by atoms with van der Waals surface area (Å²) in [4.78, 5) is 23.9. The molecule has 0 bridgehead atoms. The molecule has 2 aromatic rings. The van der Waals surface area contributed by atoms with Gasteiger partial charge in [0.2, 0.25) is 6.79 Å². The van der Waals surface area contributed by atoms with Gasteiger partial charge in [0.1, 0.15) is 0 Å². The van der Waals surface area contributed by atoms with Gasteiger partial charge in [-0.25, -0.2) is 4.79 Å². The summed E-state index contributed by atoms with van der Waals surface area (Å²) in [7, 11) is 0. The Hall–Kier alpha value is -2.73. The Bertz CT molecular complexity index is 808. The second kappa shape index (κ2) is 7.44. The van der Waals surface area contributed by atoms with E-state index in [1.165, 1.54) is 6.07 Å². The van der Waals surface area contributed by atoms with Gasteiger partial charge in [-0.3, -0.25) is 4.79 Å². The highest BCUT2D eigenvalue weighted by molar-refractivity contribution is 6.30. The number of benzene rings is 2. The van der Waals surface area contributed by atoms with E-state index >= 15 is 0 Å². The van der Waals surface area contributed by atoms with Gasteiger partial charge < -0.3 is 19.5 Å². The number of amides is 1. The number of hydrogen-bond acceptors (Lipinski definition) is 5. The van der Waals surface area contributed by atoms with Gasteiger partial charge >= 0.3 is 5.97 Å². The van der Waals surface area contributed by atoms with Gasteiger partial charge in [-0.1, -0.05) is 23.7 Å². The highest BCUT2D eigenvalue weighted by Crippen LogP contribution is 2.34. The van der Waals surface area contributed by atoms with Crippen LogP contribution in [-0.4, -0.2) is 25.3 Å². The van der Waals surface area contributed by atoms with Crippen LogP contribution in [0.5, 0.6) is 11.5 Å². The van der Waals surface area contributed by atoms with Gasteiger partial charge in [0.25, 0.3) is 5.91 Å². The number of rotatable bonds is 5. The largest absolute Gasteiger partial charge is 0.454 e. The maximum absolute atomic E-state index is 12.0. The monoisotopic (exact) mass is 361 g/mol. The number of nitrogens with one attached hydrogen (secondary N) is 1. The summed E-state index contributed by atoms with van der Waals surface area (Å²) in [5.74, 6) is 0.317. The van der Waals surface area contributed by atoms with Crippen LogP contribution in [0.15, 0.2) is 42.5 Å². The number of carbonyl (C=O) groups excluding carboxylic acids is 2. The van der Waals surface area contributed by atoms with E-state index in [4.69, 9.17) is 25.8 Å². The highest BCUT2D eigenvalue weighted by Gasteiger charge is 2.17. The molecule has 3 rings (SSSR count). The van der Waals surface area contributed by atoms with Crippen molar-refractivity contribution in [2.75, 3.05) is 13.4 Å². The molecule has 6 nitrogen and oxygen atoms in total. The summed E-state index contributed by atoms with van der Waals surface area (Å²) in [5, 5.41) is 3.19. The van der Waals surface area contributed by atoms with Crippen LogP contribution >= 0.6 is 11.6 Å². The van der Waals surface area contributed by atoms with Crippen LogP contribution in [0.1, 0.15) is 28.9 Å². The number of ether oxygens (including phenoxy) is 3. The van der Waals surface area contributed by atoms with Crippen molar-refractivity contribution in [1.82, 2.24) is 5.32 Å². The molecule has 0 saturated heterocycles. The molecule has 7 heteroatoms. The molecule has 1 heterocycles. The first-order valence-corrected chi connectivity index (χ1v) is 8.02. The summed E-state index contributed by atoms with van der Waals surface area (Å²) in [5.41, 5.74) is 1.16. The Morgan fingerprint density at radius 3 is 2.80 bits per heavy atom. The van der Waals surface area contributed by atoms with Crippen molar-refractivity contribution in [2.45, 2.75) is 13.0 Å². The Balaban J connectivity index is 1.53. The SMILES string of the molecule is C[C@@H](NC(=O)COC(=O)c1cccc(Cl)c1)c1ccc2c(c1)OCO2. The van der Waals surface area contributed by atoms with Crippen molar-refractivity contribution in [3.8, 4) is 11.5 Å². The topological polar surface area (TPSA) is 73.9 Å². The Morgan fingerprint density at radius 2 is 2.00 bits per heavy atom. The Morgan fingerprint density at radius 1 is 1.20 bits per heavy atom. The molecule has 1 aliphatic rings. The van der Waals surface area contributed by atoms with Gasteiger partial charge in [-0.2, -0.15) is 0 Å². The molecule has 130 valence electrons. The zero-order valence-corrected chi connectivity index (χ0v) is 14.2. The van der Waals surface area contributed by atoms with Gasteiger partial charge in [-0.15, -0.1) is 0 Å². The molecule has 0 aliphatic carbocycles. The number of halogens is 1. The predicted octanol–water partition coefficient (Wildman–Crippen LogP) is 3.10. The second-order valence-electron chi connectivity index (χ2n) is 5.49. The first kappa shape index (κ1) is 17.1. The van der Waals surface area contributed by atoms with Gasteiger partial charge in [0.05, 0.1) is 11.6 Å². The summed E-state index contributed by atoms with van der Waals surface area (Å²) < 4.78 is 15.6. The van der Waals surface area contributed by atoms with Gasteiger partial charge in [0.15, 0.2) is 18.1 Å². The fourth-order valence-corrected chi connectivity index (χ4v) is 2.57. The predicted molar refractivity (Wildman–Crippen MR) is 90.9 cm³/mol.